The third-order valence-electron chi connectivity index (χ3n) is 6.76. The maximum Gasteiger partial charge on any atom is 0.387 e. The maximum absolute atomic E-state index is 13.1. The van der Waals surface area contributed by atoms with Crippen LogP contribution in [0.2, 0.25) is 0 Å². The molecule has 2 aromatic rings. The lowest BCUT2D eigenvalue weighted by Crippen LogP contribution is -2.38. The summed E-state index contributed by atoms with van der Waals surface area (Å²) in [6, 6.07) is 0.503. The fourth-order valence-electron chi connectivity index (χ4n) is 4.99. The lowest BCUT2D eigenvalue weighted by atomic mass is 9.95. The number of fused-ring (bicyclic) bond motifs is 1. The highest BCUT2D eigenvalue weighted by molar-refractivity contribution is 7.91. The Balaban J connectivity index is 1.69. The minimum atomic E-state index is -3.17. The first kappa shape index (κ1) is 23.8. The van der Waals surface area contributed by atoms with Gasteiger partial charge in [-0.3, -0.25) is 9.36 Å². The van der Waals surface area contributed by atoms with Gasteiger partial charge in [0.1, 0.15) is 15.5 Å². The molecule has 0 saturated heterocycles. The van der Waals surface area contributed by atoms with Gasteiger partial charge in [-0.1, -0.05) is 0 Å². The summed E-state index contributed by atoms with van der Waals surface area (Å²) < 4.78 is 55.0. The Morgan fingerprint density at radius 1 is 1.27 bits per heavy atom. The number of ether oxygens (including phenoxy) is 1. The molecule has 0 radical (unpaired) electrons. The first-order valence-electron chi connectivity index (χ1n) is 11.0. The van der Waals surface area contributed by atoms with Gasteiger partial charge in [0.15, 0.2) is 5.75 Å². The van der Waals surface area contributed by atoms with E-state index in [1.54, 1.807) is 6.92 Å². The average Bonchev–Trinajstić information content (AvgIpc) is 3.07. The highest BCUT2D eigenvalue weighted by Gasteiger charge is 2.40. The number of halogens is 2. The maximum atomic E-state index is 13.1. The predicted molar refractivity (Wildman–Crippen MR) is 118 cm³/mol. The normalized spacial score (nSPS) is 28.4. The summed E-state index contributed by atoms with van der Waals surface area (Å²) in [6.07, 6.45) is 6.63. The van der Waals surface area contributed by atoms with E-state index < -0.39 is 39.4 Å². The number of anilines is 1. The van der Waals surface area contributed by atoms with Crippen molar-refractivity contribution in [2.75, 3.05) is 11.6 Å². The summed E-state index contributed by atoms with van der Waals surface area (Å²) in [5.41, 5.74) is -1.77. The van der Waals surface area contributed by atoms with Crippen LogP contribution in [0.25, 0.3) is 11.0 Å². The van der Waals surface area contributed by atoms with Gasteiger partial charge in [-0.05, 0) is 57.9 Å². The lowest BCUT2D eigenvalue weighted by molar-refractivity contribution is -0.0513. The molecule has 2 heterocycles. The molecule has 2 aromatic heterocycles. The molecule has 2 fully saturated rings. The van der Waals surface area contributed by atoms with Gasteiger partial charge in [-0.15, -0.1) is 0 Å². The molecule has 0 aliphatic heterocycles. The predicted octanol–water partition coefficient (Wildman–Crippen LogP) is 2.64. The number of aliphatic hydroxyl groups is 1. The van der Waals surface area contributed by atoms with Crippen LogP contribution in [-0.2, 0) is 9.84 Å². The molecule has 0 aromatic carbocycles. The molecule has 12 heteroatoms. The minimum Gasteiger partial charge on any atom is -0.429 e. The Morgan fingerprint density at radius 2 is 1.97 bits per heavy atom. The minimum absolute atomic E-state index is 0.0309. The second kappa shape index (κ2) is 8.79. The number of nitrogens with one attached hydrogen (secondary N) is 1. The zero-order chi connectivity index (χ0) is 24.0. The van der Waals surface area contributed by atoms with E-state index in [1.807, 2.05) is 0 Å². The summed E-state index contributed by atoms with van der Waals surface area (Å²) in [6.45, 7) is -1.55. The number of sulfone groups is 1. The van der Waals surface area contributed by atoms with Gasteiger partial charge >= 0.3 is 6.61 Å². The van der Waals surface area contributed by atoms with Crippen molar-refractivity contribution in [2.45, 2.75) is 81.4 Å². The second-order valence-electron chi connectivity index (χ2n) is 9.25. The number of hydrogen-bond donors (Lipinski definition) is 2. The molecule has 0 spiro atoms. The van der Waals surface area contributed by atoms with Gasteiger partial charge < -0.3 is 15.2 Å². The number of nitrogens with zero attached hydrogens (tertiary/aromatic N) is 3. The molecule has 2 atom stereocenters. The highest BCUT2D eigenvalue weighted by Crippen LogP contribution is 2.40. The van der Waals surface area contributed by atoms with Gasteiger partial charge in [0, 0.05) is 23.9 Å². The number of alkyl halides is 2. The number of aromatic nitrogens is 3. The van der Waals surface area contributed by atoms with Crippen molar-refractivity contribution >= 4 is 26.8 Å². The Kier molecular flexibility index (Phi) is 6.34. The van der Waals surface area contributed by atoms with Gasteiger partial charge in [0.2, 0.25) is 5.95 Å². The summed E-state index contributed by atoms with van der Waals surface area (Å²) in [5, 5.41) is 14.0. The van der Waals surface area contributed by atoms with Gasteiger partial charge in [-0.2, -0.15) is 13.8 Å². The van der Waals surface area contributed by atoms with Crippen LogP contribution in [0.3, 0.4) is 0 Å². The Bertz CT molecular complexity index is 1190. The smallest absolute Gasteiger partial charge is 0.387 e. The van der Waals surface area contributed by atoms with Gasteiger partial charge in [0.05, 0.1) is 16.9 Å². The zero-order valence-corrected chi connectivity index (χ0v) is 19.3. The zero-order valence-electron chi connectivity index (χ0n) is 18.5. The molecule has 0 unspecified atom stereocenters. The number of pyridine rings is 1. The van der Waals surface area contributed by atoms with Crippen molar-refractivity contribution in [3.63, 3.8) is 0 Å². The molecule has 33 heavy (non-hydrogen) atoms. The molecule has 0 amide bonds. The van der Waals surface area contributed by atoms with Crippen LogP contribution in [0.5, 0.6) is 5.75 Å². The Labute approximate surface area is 190 Å². The van der Waals surface area contributed by atoms with Crippen molar-refractivity contribution in [2.24, 2.45) is 0 Å². The van der Waals surface area contributed by atoms with Gasteiger partial charge in [0.25, 0.3) is 5.56 Å². The van der Waals surface area contributed by atoms with Crippen molar-refractivity contribution < 1.29 is 27.0 Å². The van der Waals surface area contributed by atoms with E-state index in [1.165, 1.54) is 23.1 Å². The van der Waals surface area contributed by atoms with Crippen LogP contribution >= 0.6 is 0 Å². The Hall–Kier alpha value is -2.34. The van der Waals surface area contributed by atoms with Crippen LogP contribution in [0.1, 0.15) is 57.9 Å². The van der Waals surface area contributed by atoms with E-state index in [-0.39, 0.29) is 22.9 Å². The van der Waals surface area contributed by atoms with Crippen LogP contribution in [0.4, 0.5) is 14.7 Å². The molecule has 2 N–H and O–H groups in total. The summed E-state index contributed by atoms with van der Waals surface area (Å²) in [4.78, 5) is 21.8. The van der Waals surface area contributed by atoms with Crippen LogP contribution in [-0.4, -0.2) is 57.8 Å². The Morgan fingerprint density at radius 3 is 2.55 bits per heavy atom. The molecule has 2 aliphatic rings. The molecule has 9 nitrogen and oxygen atoms in total. The van der Waals surface area contributed by atoms with Gasteiger partial charge in [-0.25, -0.2) is 13.4 Å². The fourth-order valence-corrected chi connectivity index (χ4v) is 6.12. The largest absolute Gasteiger partial charge is 0.429 e. The molecule has 0 bridgehead atoms. The van der Waals surface area contributed by atoms with E-state index in [4.69, 9.17) is 0 Å². The second-order valence-corrected chi connectivity index (χ2v) is 11.6. The quantitative estimate of drug-likeness (QED) is 0.639. The third-order valence-corrected chi connectivity index (χ3v) is 8.44. The SMILES string of the molecule is C[C@@]1(O)CCC[C@H]1n1c(=O)c(OC(F)F)cc2cnc(NC3CCC(S(C)(=O)=O)CC3)nc21. The first-order chi connectivity index (χ1) is 15.5. The average molecular weight is 487 g/mol. The van der Waals surface area contributed by atoms with E-state index in [0.29, 0.717) is 50.3 Å². The van der Waals surface area contributed by atoms with Crippen molar-refractivity contribution in [1.82, 2.24) is 14.5 Å². The van der Waals surface area contributed by atoms with Crippen molar-refractivity contribution in [3.8, 4) is 5.75 Å². The van der Waals surface area contributed by atoms with Crippen LogP contribution < -0.4 is 15.6 Å². The summed E-state index contributed by atoms with van der Waals surface area (Å²) in [7, 11) is -3.08. The topological polar surface area (TPSA) is 123 Å². The lowest BCUT2D eigenvalue weighted by Gasteiger charge is -2.29. The van der Waals surface area contributed by atoms with E-state index >= 15 is 0 Å². The fraction of sp³-hybridized carbons (Fsp3) is 0.667. The monoisotopic (exact) mass is 486 g/mol. The van der Waals surface area contributed by atoms with Crippen molar-refractivity contribution in [1.29, 1.82) is 0 Å². The van der Waals surface area contributed by atoms with Crippen LogP contribution in [0.15, 0.2) is 17.1 Å². The van der Waals surface area contributed by atoms with E-state index in [9.17, 15) is 27.1 Å². The molecule has 182 valence electrons. The van der Waals surface area contributed by atoms with Crippen molar-refractivity contribution in [3.05, 3.63) is 22.6 Å². The molecular weight excluding hydrogens is 458 g/mol. The van der Waals surface area contributed by atoms with Crippen LogP contribution in [0, 0.1) is 0 Å². The number of hydrogen-bond acceptors (Lipinski definition) is 8. The standard InChI is InChI=1S/C21H28F2N4O5S/c1-21(29)9-3-4-16(21)27-17-12(10-15(18(27)28)32-19(22)23)11-24-20(26-17)25-13-5-7-14(8-6-13)33(2,30)31/h10-11,13-14,16,19,29H,3-9H2,1-2H3,(H,24,25,26)/t13?,14?,16-,21-/m1/s1. The van der Waals surface area contributed by atoms with E-state index in [2.05, 4.69) is 20.0 Å². The summed E-state index contributed by atoms with van der Waals surface area (Å²) >= 11 is 0. The number of rotatable bonds is 6. The first-order valence-corrected chi connectivity index (χ1v) is 13.0. The third kappa shape index (κ3) is 4.96. The van der Waals surface area contributed by atoms with E-state index in [0.717, 1.165) is 0 Å². The highest BCUT2D eigenvalue weighted by atomic mass is 32.2. The molecule has 2 aliphatic carbocycles. The molecule has 2 saturated carbocycles. The molecule has 4 rings (SSSR count). The molecular formula is C21H28F2N4O5S. The summed E-state index contributed by atoms with van der Waals surface area (Å²) in [5.74, 6) is -0.276.